The van der Waals surface area contributed by atoms with Crippen molar-refractivity contribution in [3.05, 3.63) is 88.1 Å². The molecule has 1 unspecified atom stereocenters. The smallest absolute Gasteiger partial charge is 0.338 e. The maximum absolute atomic E-state index is 13.7. The average Bonchev–Trinajstić information content (AvgIpc) is 3.22. The molecule has 182 valence electrons. The van der Waals surface area contributed by atoms with Crippen molar-refractivity contribution in [2.75, 3.05) is 25.6 Å². The van der Waals surface area contributed by atoms with Gasteiger partial charge in [-0.25, -0.2) is 18.6 Å². The Morgan fingerprint density at radius 1 is 1.06 bits per heavy atom. The third kappa shape index (κ3) is 5.60. The van der Waals surface area contributed by atoms with Gasteiger partial charge < -0.3 is 19.7 Å². The molecule has 0 bridgehead atoms. The Labute approximate surface area is 205 Å². The van der Waals surface area contributed by atoms with E-state index in [1.807, 2.05) is 0 Å². The number of halogens is 2. The lowest BCUT2D eigenvalue weighted by molar-refractivity contribution is -0.141. The number of nitrogens with one attached hydrogen (secondary N) is 1. The van der Waals surface area contributed by atoms with Crippen molar-refractivity contribution in [1.29, 1.82) is 0 Å². The molecule has 1 N–H and O–H groups in total. The summed E-state index contributed by atoms with van der Waals surface area (Å²) in [5, 5.41) is 5.13. The van der Waals surface area contributed by atoms with E-state index in [-0.39, 0.29) is 25.5 Å². The Bertz CT molecular complexity index is 1210. The quantitative estimate of drug-likeness (QED) is 0.417. The van der Waals surface area contributed by atoms with Crippen molar-refractivity contribution in [2.45, 2.75) is 19.4 Å². The molecule has 0 aromatic heterocycles. The predicted molar refractivity (Wildman–Crippen MR) is 129 cm³/mol. The van der Waals surface area contributed by atoms with Crippen molar-refractivity contribution in [2.24, 2.45) is 4.99 Å². The fourth-order valence-corrected chi connectivity index (χ4v) is 4.75. The SMILES string of the molecule is COCCOC(=O)C1=C(C)N=C2SC=C(CC(=O)Nc3ccc(F)cc3)N2C1c1ccc(F)cc1. The number of amidine groups is 1. The largest absolute Gasteiger partial charge is 0.460 e. The lowest BCUT2D eigenvalue weighted by Gasteiger charge is -2.36. The molecule has 10 heteroatoms. The fraction of sp³-hybridized carbons (Fsp3) is 0.240. The molecular formula is C25H23F2N3O4S. The summed E-state index contributed by atoms with van der Waals surface area (Å²) in [6.07, 6.45) is -0.0217. The Morgan fingerprint density at radius 3 is 2.37 bits per heavy atom. The maximum Gasteiger partial charge on any atom is 0.338 e. The van der Waals surface area contributed by atoms with Crippen LogP contribution in [0, 0.1) is 11.6 Å². The summed E-state index contributed by atoms with van der Waals surface area (Å²) in [5.41, 5.74) is 2.49. The van der Waals surface area contributed by atoms with E-state index in [2.05, 4.69) is 10.3 Å². The minimum Gasteiger partial charge on any atom is -0.460 e. The first-order chi connectivity index (χ1) is 16.9. The highest BCUT2D eigenvalue weighted by atomic mass is 32.2. The van der Waals surface area contributed by atoms with Crippen molar-refractivity contribution in [3.8, 4) is 0 Å². The van der Waals surface area contributed by atoms with Crippen LogP contribution in [0.1, 0.15) is 24.9 Å². The van der Waals surface area contributed by atoms with E-state index in [4.69, 9.17) is 9.47 Å². The molecule has 0 saturated carbocycles. The first kappa shape index (κ1) is 24.6. The number of anilines is 1. The fourth-order valence-electron chi connectivity index (χ4n) is 3.79. The molecular weight excluding hydrogens is 476 g/mol. The van der Waals surface area contributed by atoms with Crippen molar-refractivity contribution in [3.63, 3.8) is 0 Å². The number of aliphatic imine (C=N–C) groups is 1. The topological polar surface area (TPSA) is 80.2 Å². The number of rotatable bonds is 8. The summed E-state index contributed by atoms with van der Waals surface area (Å²) < 4.78 is 37.2. The van der Waals surface area contributed by atoms with Crippen LogP contribution >= 0.6 is 11.8 Å². The van der Waals surface area contributed by atoms with Crippen molar-refractivity contribution in [1.82, 2.24) is 4.90 Å². The van der Waals surface area contributed by atoms with E-state index in [0.717, 1.165) is 0 Å². The lowest BCUT2D eigenvalue weighted by atomic mass is 9.94. The van der Waals surface area contributed by atoms with Gasteiger partial charge in [-0.2, -0.15) is 0 Å². The molecule has 7 nitrogen and oxygen atoms in total. The van der Waals surface area contributed by atoms with Gasteiger partial charge in [0.25, 0.3) is 0 Å². The van der Waals surface area contributed by atoms with E-state index >= 15 is 0 Å². The number of carbonyl (C=O) groups is 2. The Morgan fingerprint density at radius 2 is 1.71 bits per heavy atom. The number of benzene rings is 2. The number of thioether (sulfide) groups is 1. The number of ether oxygens (including phenoxy) is 2. The lowest BCUT2D eigenvalue weighted by Crippen LogP contribution is -2.37. The minimum atomic E-state index is -0.669. The predicted octanol–water partition coefficient (Wildman–Crippen LogP) is 4.76. The summed E-state index contributed by atoms with van der Waals surface area (Å²) in [5.74, 6) is -1.70. The number of amides is 1. The van der Waals surface area contributed by atoms with Crippen molar-refractivity contribution >= 4 is 34.5 Å². The van der Waals surface area contributed by atoms with Crippen LogP contribution < -0.4 is 5.32 Å². The van der Waals surface area contributed by atoms with E-state index < -0.39 is 23.6 Å². The summed E-state index contributed by atoms with van der Waals surface area (Å²) in [6.45, 7) is 2.02. The molecule has 2 aliphatic heterocycles. The molecule has 0 spiro atoms. The van der Waals surface area contributed by atoms with Crippen LogP contribution in [0.5, 0.6) is 0 Å². The molecule has 4 rings (SSSR count). The zero-order valence-corrected chi connectivity index (χ0v) is 19.9. The van der Waals surface area contributed by atoms with Gasteiger partial charge in [0.2, 0.25) is 5.91 Å². The molecule has 1 amide bonds. The summed E-state index contributed by atoms with van der Waals surface area (Å²) in [4.78, 5) is 32.2. The maximum atomic E-state index is 13.7. The Kier molecular flexibility index (Phi) is 7.62. The van der Waals surface area contributed by atoms with Crippen LogP contribution in [0.4, 0.5) is 14.5 Å². The first-order valence-electron chi connectivity index (χ1n) is 10.8. The highest BCUT2D eigenvalue weighted by Gasteiger charge is 2.41. The summed E-state index contributed by atoms with van der Waals surface area (Å²) in [6, 6.07) is 10.6. The van der Waals surface area contributed by atoms with E-state index in [1.54, 1.807) is 29.4 Å². The Balaban J connectivity index is 1.63. The van der Waals surface area contributed by atoms with Gasteiger partial charge in [-0.3, -0.25) is 4.79 Å². The normalized spacial score (nSPS) is 17.0. The number of esters is 1. The van der Waals surface area contributed by atoms with Gasteiger partial charge in [0.05, 0.1) is 30.3 Å². The third-order valence-corrected chi connectivity index (χ3v) is 6.29. The third-order valence-electron chi connectivity index (χ3n) is 5.40. The molecule has 2 aromatic carbocycles. The van der Waals surface area contributed by atoms with Crippen LogP contribution in [0.15, 0.2) is 75.9 Å². The van der Waals surface area contributed by atoms with Gasteiger partial charge >= 0.3 is 5.97 Å². The average molecular weight is 500 g/mol. The van der Waals surface area contributed by atoms with Crippen molar-refractivity contribution < 1.29 is 27.8 Å². The molecule has 1 atom stereocenters. The summed E-state index contributed by atoms with van der Waals surface area (Å²) >= 11 is 1.33. The molecule has 2 heterocycles. The zero-order valence-electron chi connectivity index (χ0n) is 19.1. The summed E-state index contributed by atoms with van der Waals surface area (Å²) in [7, 11) is 1.51. The van der Waals surface area contributed by atoms with Crippen LogP contribution in [-0.4, -0.2) is 42.3 Å². The number of carbonyl (C=O) groups excluding carboxylic acids is 2. The van der Waals surface area contributed by atoms with Gasteiger partial charge in [0, 0.05) is 18.5 Å². The number of methoxy groups -OCH3 is 1. The van der Waals surface area contributed by atoms with Crippen LogP contribution in [-0.2, 0) is 19.1 Å². The van der Waals surface area contributed by atoms with Gasteiger partial charge in [-0.05, 0) is 54.3 Å². The highest BCUT2D eigenvalue weighted by molar-refractivity contribution is 8.16. The number of fused-ring (bicyclic) bond motifs is 1. The standard InChI is InChI=1S/C25H23F2N3O4S/c1-15-22(24(32)34-12-11-33-2)23(16-3-5-17(26)6-4-16)30-20(14-35-25(30)28-15)13-21(31)29-19-9-7-18(27)8-10-19/h3-10,14,23H,11-13H2,1-2H3,(H,29,31). The molecule has 2 aromatic rings. The second-order valence-corrected chi connectivity index (χ2v) is 8.64. The van der Waals surface area contributed by atoms with Gasteiger partial charge in [-0.1, -0.05) is 23.9 Å². The first-order valence-corrected chi connectivity index (χ1v) is 11.7. The van der Waals surface area contributed by atoms with Crippen LogP contribution in [0.2, 0.25) is 0 Å². The van der Waals surface area contributed by atoms with Gasteiger partial charge in [-0.15, -0.1) is 0 Å². The number of nitrogens with zero attached hydrogens (tertiary/aromatic N) is 2. The van der Waals surface area contributed by atoms with E-state index in [0.29, 0.717) is 33.4 Å². The molecule has 2 aliphatic rings. The van der Waals surface area contributed by atoms with E-state index in [1.165, 1.54) is 55.3 Å². The van der Waals surface area contributed by atoms with Gasteiger partial charge in [0.1, 0.15) is 18.2 Å². The Hall–Kier alpha value is -3.50. The molecule has 0 fully saturated rings. The van der Waals surface area contributed by atoms with Crippen LogP contribution in [0.3, 0.4) is 0 Å². The van der Waals surface area contributed by atoms with E-state index in [9.17, 15) is 18.4 Å². The van der Waals surface area contributed by atoms with Crippen LogP contribution in [0.25, 0.3) is 0 Å². The number of hydrogen-bond acceptors (Lipinski definition) is 7. The monoisotopic (exact) mass is 499 g/mol. The van der Waals surface area contributed by atoms with Gasteiger partial charge in [0.15, 0.2) is 5.17 Å². The highest BCUT2D eigenvalue weighted by Crippen LogP contribution is 2.44. The molecule has 0 aliphatic carbocycles. The minimum absolute atomic E-state index is 0.0217. The zero-order chi connectivity index (χ0) is 24.9. The molecule has 35 heavy (non-hydrogen) atoms. The number of allylic oxidation sites excluding steroid dienone is 1. The second kappa shape index (κ2) is 10.8. The molecule has 0 radical (unpaired) electrons. The second-order valence-electron chi connectivity index (χ2n) is 7.81. The number of hydrogen-bond donors (Lipinski definition) is 1. The molecule has 0 saturated heterocycles.